The summed E-state index contributed by atoms with van der Waals surface area (Å²) < 4.78 is 7.11. The van der Waals surface area contributed by atoms with Crippen LogP contribution in [0.3, 0.4) is 0 Å². The fourth-order valence-corrected chi connectivity index (χ4v) is 2.84. The van der Waals surface area contributed by atoms with Crippen LogP contribution in [-0.4, -0.2) is 33.9 Å². The fourth-order valence-electron chi connectivity index (χ4n) is 2.84. The number of nitrogens with zero attached hydrogens (tertiary/aromatic N) is 3. The van der Waals surface area contributed by atoms with Gasteiger partial charge in [0.05, 0.1) is 23.9 Å². The molecule has 1 amide bonds. The van der Waals surface area contributed by atoms with E-state index in [4.69, 9.17) is 9.72 Å². The first-order valence-electron chi connectivity index (χ1n) is 8.78. The molecule has 6 heteroatoms. The highest BCUT2D eigenvalue weighted by Gasteiger charge is 2.15. The number of aromatic nitrogens is 3. The first-order chi connectivity index (χ1) is 12.1. The van der Waals surface area contributed by atoms with Crippen LogP contribution in [0.2, 0.25) is 0 Å². The third-order valence-electron chi connectivity index (χ3n) is 4.04. The topological polar surface area (TPSA) is 69.0 Å². The van der Waals surface area contributed by atoms with Crippen LogP contribution in [0.25, 0.3) is 21.9 Å². The van der Waals surface area contributed by atoms with Gasteiger partial charge in [0, 0.05) is 18.5 Å². The van der Waals surface area contributed by atoms with Gasteiger partial charge in [-0.2, -0.15) is 5.10 Å². The van der Waals surface area contributed by atoms with Crippen LogP contribution in [0, 0.1) is 6.92 Å². The average Bonchev–Trinajstić information content (AvgIpc) is 2.90. The third-order valence-corrected chi connectivity index (χ3v) is 4.04. The number of aryl methyl sites for hydroxylation is 2. The van der Waals surface area contributed by atoms with Crippen molar-refractivity contribution in [2.45, 2.75) is 40.2 Å². The van der Waals surface area contributed by atoms with Crippen molar-refractivity contribution in [3.8, 4) is 0 Å². The van der Waals surface area contributed by atoms with Crippen molar-refractivity contribution >= 4 is 33.7 Å². The minimum Gasteiger partial charge on any atom is -0.381 e. The van der Waals surface area contributed by atoms with Gasteiger partial charge in [0.25, 0.3) is 0 Å². The molecular weight excluding hydrogens is 316 g/mol. The van der Waals surface area contributed by atoms with E-state index >= 15 is 0 Å². The molecule has 0 saturated carbocycles. The van der Waals surface area contributed by atoms with E-state index in [1.54, 1.807) is 0 Å². The molecule has 0 spiro atoms. The van der Waals surface area contributed by atoms with E-state index in [0.717, 1.165) is 34.9 Å². The second-order valence-electron chi connectivity index (χ2n) is 6.12. The first kappa shape index (κ1) is 17.4. The number of pyridine rings is 1. The molecule has 6 nitrogen and oxygen atoms in total. The summed E-state index contributed by atoms with van der Waals surface area (Å²) in [4.78, 5) is 16.9. The monoisotopic (exact) mass is 340 g/mol. The molecule has 0 aliphatic rings. The molecule has 0 unspecified atom stereocenters. The van der Waals surface area contributed by atoms with E-state index in [0.29, 0.717) is 25.5 Å². The number of anilines is 1. The van der Waals surface area contributed by atoms with Crippen LogP contribution in [-0.2, 0) is 16.1 Å². The molecule has 3 rings (SSSR count). The minimum atomic E-state index is -0.0964. The van der Waals surface area contributed by atoms with Crippen LogP contribution in [0.4, 0.5) is 5.82 Å². The van der Waals surface area contributed by atoms with Gasteiger partial charge in [-0.15, -0.1) is 0 Å². The number of carbonyl (C=O) groups excluding carboxylic acids is 1. The van der Waals surface area contributed by atoms with Gasteiger partial charge < -0.3 is 10.1 Å². The van der Waals surface area contributed by atoms with Crippen LogP contribution in [0.5, 0.6) is 0 Å². The molecule has 3 aromatic rings. The normalized spacial score (nSPS) is 11.3. The Hall–Kier alpha value is -2.47. The highest BCUT2D eigenvalue weighted by atomic mass is 16.5. The van der Waals surface area contributed by atoms with Crippen LogP contribution >= 0.6 is 0 Å². The number of ether oxygens (including phenoxy) is 1. The summed E-state index contributed by atoms with van der Waals surface area (Å²) in [7, 11) is 0. The summed E-state index contributed by atoms with van der Waals surface area (Å²) >= 11 is 0. The first-order valence-corrected chi connectivity index (χ1v) is 8.78. The van der Waals surface area contributed by atoms with Crippen molar-refractivity contribution < 1.29 is 9.53 Å². The lowest BCUT2D eigenvalue weighted by Gasteiger charge is -2.03. The van der Waals surface area contributed by atoms with Crippen molar-refractivity contribution in [2.24, 2.45) is 0 Å². The second-order valence-corrected chi connectivity index (χ2v) is 6.12. The summed E-state index contributed by atoms with van der Waals surface area (Å²) in [5.41, 5.74) is 2.92. The molecule has 2 aromatic heterocycles. The second kappa shape index (κ2) is 7.61. The maximum atomic E-state index is 12.2. The van der Waals surface area contributed by atoms with Gasteiger partial charge in [-0.05, 0) is 38.5 Å². The molecule has 1 N–H and O–H groups in total. The molecule has 132 valence electrons. The van der Waals surface area contributed by atoms with E-state index in [-0.39, 0.29) is 5.91 Å². The Morgan fingerprint density at radius 2 is 2.12 bits per heavy atom. The zero-order valence-electron chi connectivity index (χ0n) is 15.0. The SMILES string of the molecule is CCCn1nc(NC(=O)CCOCC)c2cc3cc(C)ccc3nc21. The lowest BCUT2D eigenvalue weighted by Crippen LogP contribution is -2.15. The third kappa shape index (κ3) is 3.79. The molecular formula is C19H24N4O2. The summed E-state index contributed by atoms with van der Waals surface area (Å²) in [5.74, 6) is 0.474. The van der Waals surface area contributed by atoms with Crippen molar-refractivity contribution in [2.75, 3.05) is 18.5 Å². The molecule has 0 aliphatic heterocycles. The van der Waals surface area contributed by atoms with Crippen molar-refractivity contribution in [3.63, 3.8) is 0 Å². The number of nitrogens with one attached hydrogen (secondary N) is 1. The van der Waals surface area contributed by atoms with Gasteiger partial charge in [-0.1, -0.05) is 18.6 Å². The Morgan fingerprint density at radius 1 is 1.28 bits per heavy atom. The Bertz CT molecular complexity index is 901. The Labute approximate surface area is 147 Å². The maximum Gasteiger partial charge on any atom is 0.227 e. The summed E-state index contributed by atoms with van der Waals surface area (Å²) in [6.45, 7) is 7.85. The van der Waals surface area contributed by atoms with E-state index < -0.39 is 0 Å². The standard InChI is InChI=1S/C19H24N4O2/c1-4-9-23-19-15(12-14-11-13(3)6-7-16(14)20-19)18(22-23)21-17(24)8-10-25-5-2/h6-7,11-12H,4-5,8-10H2,1-3H3,(H,21,22,24). The number of carbonyl (C=O) groups is 1. The van der Waals surface area contributed by atoms with Crippen molar-refractivity contribution in [1.82, 2.24) is 14.8 Å². The van der Waals surface area contributed by atoms with E-state index in [2.05, 4.69) is 42.5 Å². The zero-order valence-corrected chi connectivity index (χ0v) is 15.0. The van der Waals surface area contributed by atoms with Crippen LogP contribution in [0.15, 0.2) is 24.3 Å². The number of hydrogen-bond donors (Lipinski definition) is 1. The van der Waals surface area contributed by atoms with E-state index in [1.165, 1.54) is 5.56 Å². The van der Waals surface area contributed by atoms with Crippen LogP contribution < -0.4 is 5.32 Å². The molecule has 0 atom stereocenters. The van der Waals surface area contributed by atoms with E-state index in [1.807, 2.05) is 17.7 Å². The van der Waals surface area contributed by atoms with Gasteiger partial charge in [-0.3, -0.25) is 4.79 Å². The van der Waals surface area contributed by atoms with Gasteiger partial charge in [0.15, 0.2) is 11.5 Å². The lowest BCUT2D eigenvalue weighted by molar-refractivity contribution is -0.117. The molecule has 25 heavy (non-hydrogen) atoms. The highest BCUT2D eigenvalue weighted by molar-refractivity contribution is 6.02. The summed E-state index contributed by atoms with van der Waals surface area (Å²) in [6.07, 6.45) is 1.26. The van der Waals surface area contributed by atoms with Gasteiger partial charge in [0.2, 0.25) is 5.91 Å². The molecule has 2 heterocycles. The van der Waals surface area contributed by atoms with Crippen LogP contribution in [0.1, 0.15) is 32.3 Å². The smallest absolute Gasteiger partial charge is 0.227 e. The predicted molar refractivity (Wildman–Crippen MR) is 99.8 cm³/mol. The zero-order chi connectivity index (χ0) is 17.8. The Kier molecular flexibility index (Phi) is 5.28. The lowest BCUT2D eigenvalue weighted by atomic mass is 10.1. The summed E-state index contributed by atoms with van der Waals surface area (Å²) in [5, 5.41) is 9.41. The molecule has 0 bridgehead atoms. The highest BCUT2D eigenvalue weighted by Crippen LogP contribution is 2.26. The number of hydrogen-bond acceptors (Lipinski definition) is 4. The minimum absolute atomic E-state index is 0.0964. The van der Waals surface area contributed by atoms with Gasteiger partial charge in [0.1, 0.15) is 0 Å². The van der Waals surface area contributed by atoms with Crippen molar-refractivity contribution in [1.29, 1.82) is 0 Å². The Balaban J connectivity index is 2.00. The summed E-state index contributed by atoms with van der Waals surface area (Å²) in [6, 6.07) is 8.23. The molecule has 0 aliphatic carbocycles. The van der Waals surface area contributed by atoms with E-state index in [9.17, 15) is 4.79 Å². The number of rotatable bonds is 7. The van der Waals surface area contributed by atoms with Gasteiger partial charge >= 0.3 is 0 Å². The molecule has 0 radical (unpaired) electrons. The van der Waals surface area contributed by atoms with Gasteiger partial charge in [-0.25, -0.2) is 9.67 Å². The quantitative estimate of drug-likeness (QED) is 0.666. The number of benzene rings is 1. The fraction of sp³-hybridized carbons (Fsp3) is 0.421. The number of fused-ring (bicyclic) bond motifs is 2. The molecule has 0 saturated heterocycles. The largest absolute Gasteiger partial charge is 0.381 e. The Morgan fingerprint density at radius 3 is 2.88 bits per heavy atom. The molecule has 1 aromatic carbocycles. The average molecular weight is 340 g/mol. The maximum absolute atomic E-state index is 12.2. The molecule has 0 fully saturated rings. The predicted octanol–water partition coefficient (Wildman–Crippen LogP) is 3.67. The number of amides is 1. The van der Waals surface area contributed by atoms with Crippen molar-refractivity contribution in [3.05, 3.63) is 29.8 Å².